The smallest absolute Gasteiger partial charge is 0.481 e. The van der Waals surface area contributed by atoms with Crippen molar-refractivity contribution in [3.8, 4) is 0 Å². The van der Waals surface area contributed by atoms with Gasteiger partial charge >= 0.3 is 37.2 Å². The molecule has 0 saturated carbocycles. The summed E-state index contributed by atoms with van der Waals surface area (Å²) < 4.78 is 0. The van der Waals surface area contributed by atoms with Crippen LogP contribution in [0.25, 0.3) is 0 Å². The van der Waals surface area contributed by atoms with E-state index in [1.54, 1.807) is 0 Å². The predicted molar refractivity (Wildman–Crippen MR) is 76.8 cm³/mol. The first-order valence-electron chi connectivity index (χ1n) is 6.23. The fraction of sp³-hybridized carbons (Fsp3) is 0.500. The second-order valence-electron chi connectivity index (χ2n) is 4.39. The second-order valence-corrected chi connectivity index (χ2v) is 4.39. The van der Waals surface area contributed by atoms with Crippen LogP contribution in [0.15, 0.2) is 0 Å². The van der Waals surface area contributed by atoms with E-state index in [1.165, 1.54) is 0 Å². The van der Waals surface area contributed by atoms with E-state index in [0.29, 0.717) is 0 Å². The summed E-state index contributed by atoms with van der Waals surface area (Å²) in [6.45, 7) is 0. The van der Waals surface area contributed by atoms with Gasteiger partial charge in [0, 0.05) is 0 Å². The molecule has 0 aliphatic rings. The molecule has 156 valence electrons. The molecular formula is C10H17BO16. The van der Waals surface area contributed by atoms with Gasteiger partial charge in [-0.2, -0.15) is 0 Å². The lowest BCUT2D eigenvalue weighted by atomic mass is 9.96. The molecule has 0 aromatic rings. The Morgan fingerprint density at radius 1 is 0.704 bits per heavy atom. The molecule has 16 nitrogen and oxygen atoms in total. The van der Waals surface area contributed by atoms with Gasteiger partial charge in [-0.25, -0.2) is 14.4 Å². The zero-order chi connectivity index (χ0) is 22.5. The van der Waals surface area contributed by atoms with E-state index >= 15 is 0 Å². The van der Waals surface area contributed by atoms with E-state index in [9.17, 15) is 24.0 Å². The van der Waals surface area contributed by atoms with Crippen molar-refractivity contribution >= 4 is 37.2 Å². The summed E-state index contributed by atoms with van der Waals surface area (Å²) in [5, 5.41) is 87.8. The molecule has 11 N–H and O–H groups in total. The van der Waals surface area contributed by atoms with E-state index in [1.807, 2.05) is 0 Å². The Morgan fingerprint density at radius 2 is 0.926 bits per heavy atom. The molecular weight excluding hydrogens is 387 g/mol. The zero-order valence-electron chi connectivity index (χ0n) is 13.1. The van der Waals surface area contributed by atoms with Crippen LogP contribution in [-0.4, -0.2) is 111 Å². The molecule has 2 atom stereocenters. The van der Waals surface area contributed by atoms with Gasteiger partial charge in [0.2, 0.25) is 0 Å². The lowest BCUT2D eigenvalue weighted by Gasteiger charge is -2.18. The summed E-state index contributed by atoms with van der Waals surface area (Å²) in [5.41, 5.74) is -2.74. The average molecular weight is 404 g/mol. The summed E-state index contributed by atoms with van der Waals surface area (Å²) in [6, 6.07) is 0. The topological polar surface area (TPSA) is 308 Å². The maximum Gasteiger partial charge on any atom is 0.631 e. The molecule has 0 aliphatic heterocycles. The van der Waals surface area contributed by atoms with E-state index in [4.69, 9.17) is 55.9 Å². The van der Waals surface area contributed by atoms with Crippen molar-refractivity contribution in [2.75, 3.05) is 0 Å². The van der Waals surface area contributed by atoms with Crippen LogP contribution in [0, 0.1) is 0 Å². The Bertz CT molecular complexity index is 493. The van der Waals surface area contributed by atoms with Crippen molar-refractivity contribution in [1.82, 2.24) is 0 Å². The number of hydrogen-bond donors (Lipinski definition) is 11. The van der Waals surface area contributed by atoms with Crippen LogP contribution in [0.1, 0.15) is 12.8 Å². The first-order chi connectivity index (χ1) is 12.0. The second kappa shape index (κ2) is 13.4. The van der Waals surface area contributed by atoms with Gasteiger partial charge in [-0.3, -0.25) is 9.59 Å². The number of aliphatic hydroxyl groups excluding tert-OH is 2. The number of rotatable bonds is 8. The van der Waals surface area contributed by atoms with Gasteiger partial charge in [-0.15, -0.1) is 0 Å². The minimum absolute atomic E-state index is 1.14. The normalized spacial score (nSPS) is 12.1. The van der Waals surface area contributed by atoms with E-state index in [2.05, 4.69) is 0 Å². The lowest BCUT2D eigenvalue weighted by molar-refractivity contribution is -0.170. The molecule has 0 rings (SSSR count). The predicted octanol–water partition coefficient (Wildman–Crippen LogP) is -5.42. The van der Waals surface area contributed by atoms with Crippen molar-refractivity contribution in [2.45, 2.75) is 30.7 Å². The third kappa shape index (κ3) is 16.4. The van der Waals surface area contributed by atoms with Crippen LogP contribution >= 0.6 is 0 Å². The highest BCUT2D eigenvalue weighted by atomic mass is 16.5. The van der Waals surface area contributed by atoms with Gasteiger partial charge < -0.3 is 55.9 Å². The van der Waals surface area contributed by atoms with Gasteiger partial charge in [0.25, 0.3) is 0 Å². The standard InChI is InChI=1S/C6H8O7.C4H6O6.BH3O3/c7-3(8)1-6(13,5(11)12)2-4(9)10;5-1(3(7)8)2(6)4(9)10;2-1(3)4/h13H,1-2H2,(H,7,8)(H,9,10)(H,11,12);1-2,5-6H,(H,7,8)(H,9,10);2-4H. The van der Waals surface area contributed by atoms with Crippen molar-refractivity contribution in [3.63, 3.8) is 0 Å². The van der Waals surface area contributed by atoms with Crippen LogP contribution in [0.4, 0.5) is 0 Å². The maximum atomic E-state index is 10.3. The fourth-order valence-corrected chi connectivity index (χ4v) is 0.984. The summed E-state index contributed by atoms with van der Waals surface area (Å²) in [5.74, 6) is -8.56. The maximum absolute atomic E-state index is 10.3. The molecule has 0 aliphatic carbocycles. The van der Waals surface area contributed by atoms with Gasteiger partial charge in [-0.05, 0) is 0 Å². The largest absolute Gasteiger partial charge is 0.631 e. The minimum atomic E-state index is -2.74. The van der Waals surface area contributed by atoms with Crippen molar-refractivity contribution in [3.05, 3.63) is 0 Å². The Morgan fingerprint density at radius 3 is 1.04 bits per heavy atom. The van der Waals surface area contributed by atoms with Crippen molar-refractivity contribution in [1.29, 1.82) is 0 Å². The minimum Gasteiger partial charge on any atom is -0.481 e. The number of aliphatic hydroxyl groups is 3. The van der Waals surface area contributed by atoms with E-state index in [-0.39, 0.29) is 0 Å². The fourth-order valence-electron chi connectivity index (χ4n) is 0.984. The first kappa shape index (κ1) is 29.0. The van der Waals surface area contributed by atoms with Crippen molar-refractivity contribution < 1.29 is 79.9 Å². The molecule has 17 heteroatoms. The molecule has 0 bridgehead atoms. The number of aliphatic carboxylic acids is 5. The van der Waals surface area contributed by atoms with Crippen molar-refractivity contribution in [2.24, 2.45) is 0 Å². The number of carboxylic acids is 5. The molecule has 0 heterocycles. The number of hydrogen-bond acceptors (Lipinski definition) is 11. The van der Waals surface area contributed by atoms with Crippen LogP contribution in [-0.2, 0) is 24.0 Å². The Balaban J connectivity index is -0.000000364. The highest BCUT2D eigenvalue weighted by Gasteiger charge is 2.40. The summed E-state index contributed by atoms with van der Waals surface area (Å²) >= 11 is 0. The van der Waals surface area contributed by atoms with Gasteiger partial charge in [-0.1, -0.05) is 0 Å². The highest BCUT2D eigenvalue weighted by Crippen LogP contribution is 2.15. The number of carboxylic acid groups (broad SMARTS) is 5. The first-order valence-corrected chi connectivity index (χ1v) is 6.23. The van der Waals surface area contributed by atoms with Crippen LogP contribution < -0.4 is 0 Å². The Labute approximate surface area is 149 Å². The van der Waals surface area contributed by atoms with Gasteiger partial charge in [0.05, 0.1) is 12.8 Å². The highest BCUT2D eigenvalue weighted by molar-refractivity contribution is 6.30. The third-order valence-corrected chi connectivity index (χ3v) is 2.09. The van der Waals surface area contributed by atoms with Crippen LogP contribution in [0.2, 0.25) is 0 Å². The monoisotopic (exact) mass is 404 g/mol. The van der Waals surface area contributed by atoms with Gasteiger partial charge in [0.15, 0.2) is 17.8 Å². The summed E-state index contributed by atoms with van der Waals surface area (Å²) in [6.07, 6.45) is -6.82. The molecule has 0 fully saturated rings. The number of carbonyl (C=O) groups is 5. The molecule has 0 radical (unpaired) electrons. The summed E-state index contributed by atoms with van der Waals surface area (Å²) in [4.78, 5) is 50.0. The average Bonchev–Trinajstić information content (AvgIpc) is 2.43. The van der Waals surface area contributed by atoms with Crippen LogP contribution in [0.5, 0.6) is 0 Å². The van der Waals surface area contributed by atoms with Gasteiger partial charge in [0.1, 0.15) is 0 Å². The molecule has 0 amide bonds. The third-order valence-electron chi connectivity index (χ3n) is 2.09. The molecule has 0 aromatic heterocycles. The Hall–Kier alpha value is -2.83. The van der Waals surface area contributed by atoms with Crippen LogP contribution in [0.3, 0.4) is 0 Å². The molecule has 0 saturated heterocycles. The Kier molecular flexibility index (Phi) is 14.4. The lowest BCUT2D eigenvalue weighted by Crippen LogP contribution is -2.42. The van der Waals surface area contributed by atoms with E-state index in [0.717, 1.165) is 0 Å². The summed E-state index contributed by atoms with van der Waals surface area (Å²) in [7, 11) is -2.17. The molecule has 2 unspecified atom stereocenters. The zero-order valence-corrected chi connectivity index (χ0v) is 13.1. The molecule has 0 aromatic carbocycles. The molecule has 0 spiro atoms. The SMILES string of the molecule is O=C(O)C(O)C(O)C(=O)O.O=C(O)CC(O)(CC(=O)O)C(=O)O.OB(O)O. The quantitative estimate of drug-likeness (QED) is 0.168. The molecule has 27 heavy (non-hydrogen) atoms. The van der Waals surface area contributed by atoms with E-state index < -0.39 is 67.8 Å².